The van der Waals surface area contributed by atoms with Gasteiger partial charge in [-0.05, 0) is 67.8 Å². The van der Waals surface area contributed by atoms with Gasteiger partial charge in [0.25, 0.3) is 5.91 Å². The highest BCUT2D eigenvalue weighted by Gasteiger charge is 2.35. The smallest absolute Gasteiger partial charge is 0.251 e. The molecule has 2 fully saturated rings. The van der Waals surface area contributed by atoms with Crippen molar-refractivity contribution in [3.8, 4) is 0 Å². The largest absolute Gasteiger partial charge is 0.352 e. The summed E-state index contributed by atoms with van der Waals surface area (Å²) in [5.74, 6) is 0.467. The molecule has 0 spiro atoms. The number of carbonyl (C=O) groups excluding carboxylic acids is 1. The lowest BCUT2D eigenvalue weighted by Crippen LogP contribution is -2.42. The molecule has 3 rings (SSSR count). The van der Waals surface area contributed by atoms with E-state index in [1.165, 1.54) is 5.56 Å². The third-order valence-electron chi connectivity index (χ3n) is 5.97. The van der Waals surface area contributed by atoms with Gasteiger partial charge in [0.05, 0.1) is 5.25 Å². The van der Waals surface area contributed by atoms with Crippen molar-refractivity contribution in [2.75, 3.05) is 32.7 Å². The summed E-state index contributed by atoms with van der Waals surface area (Å²) in [7, 11) is -3.08. The molecule has 1 aliphatic heterocycles. The van der Waals surface area contributed by atoms with Crippen molar-refractivity contribution in [1.29, 1.82) is 0 Å². The number of rotatable bonds is 8. The van der Waals surface area contributed by atoms with E-state index in [4.69, 9.17) is 0 Å². The predicted octanol–water partition coefficient (Wildman–Crippen LogP) is 2.51. The Labute approximate surface area is 175 Å². The van der Waals surface area contributed by atoms with Crippen LogP contribution in [0.1, 0.15) is 62.4 Å². The summed E-state index contributed by atoms with van der Waals surface area (Å²) >= 11 is 0. The number of amides is 1. The molecule has 29 heavy (non-hydrogen) atoms. The van der Waals surface area contributed by atoms with Crippen LogP contribution in [-0.2, 0) is 15.4 Å². The number of sulfonamides is 1. The fourth-order valence-corrected chi connectivity index (χ4v) is 5.09. The summed E-state index contributed by atoms with van der Waals surface area (Å²) in [6.45, 7) is 10.3. The second-order valence-electron chi connectivity index (χ2n) is 9.46. The van der Waals surface area contributed by atoms with Crippen LogP contribution < -0.4 is 10.0 Å². The molecule has 1 saturated carbocycles. The average molecular weight is 422 g/mol. The Hall–Kier alpha value is -1.44. The van der Waals surface area contributed by atoms with Gasteiger partial charge in [0.1, 0.15) is 0 Å². The first-order chi connectivity index (χ1) is 13.6. The molecular weight excluding hydrogens is 386 g/mol. The Morgan fingerprint density at radius 1 is 1.07 bits per heavy atom. The fourth-order valence-electron chi connectivity index (χ4n) is 3.72. The van der Waals surface area contributed by atoms with Gasteiger partial charge < -0.3 is 10.2 Å². The van der Waals surface area contributed by atoms with Crippen molar-refractivity contribution in [3.05, 3.63) is 35.4 Å². The molecule has 2 N–H and O–H groups in total. The van der Waals surface area contributed by atoms with Crippen LogP contribution in [0, 0.1) is 5.92 Å². The van der Waals surface area contributed by atoms with Gasteiger partial charge in [0.2, 0.25) is 10.0 Å². The zero-order chi connectivity index (χ0) is 21.1. The zero-order valence-corrected chi connectivity index (χ0v) is 18.7. The van der Waals surface area contributed by atoms with Gasteiger partial charge in [-0.25, -0.2) is 13.1 Å². The van der Waals surface area contributed by atoms with Gasteiger partial charge in [-0.1, -0.05) is 32.9 Å². The van der Waals surface area contributed by atoms with E-state index in [-0.39, 0.29) is 16.6 Å². The lowest BCUT2D eigenvalue weighted by atomic mass is 9.86. The van der Waals surface area contributed by atoms with Crippen molar-refractivity contribution in [3.63, 3.8) is 0 Å². The number of benzene rings is 1. The molecule has 1 aromatic carbocycles. The molecule has 0 atom stereocenters. The number of likely N-dealkylation sites (tertiary alicyclic amines) is 1. The highest BCUT2D eigenvalue weighted by molar-refractivity contribution is 7.90. The standard InChI is InChI=1S/C22H35N3O3S/c1-22(2,3)19-6-4-18(5-7-19)21(26)23-16-17-10-13-25(14-11-17)15-12-24-29(27,28)20-8-9-20/h4-7,17,20,24H,8-16H2,1-3H3,(H,23,26). The number of piperidine rings is 1. The van der Waals surface area contributed by atoms with Crippen LogP contribution in [0.2, 0.25) is 0 Å². The zero-order valence-electron chi connectivity index (χ0n) is 17.9. The van der Waals surface area contributed by atoms with Crippen LogP contribution in [0.5, 0.6) is 0 Å². The maximum atomic E-state index is 12.4. The van der Waals surface area contributed by atoms with E-state index in [9.17, 15) is 13.2 Å². The average Bonchev–Trinajstić information content (AvgIpc) is 3.52. The van der Waals surface area contributed by atoms with Crippen molar-refractivity contribution in [1.82, 2.24) is 14.9 Å². The maximum absolute atomic E-state index is 12.4. The monoisotopic (exact) mass is 421 g/mol. The quantitative estimate of drug-likeness (QED) is 0.676. The predicted molar refractivity (Wildman–Crippen MR) is 117 cm³/mol. The van der Waals surface area contributed by atoms with Crippen LogP contribution in [0.4, 0.5) is 0 Å². The molecule has 0 unspecified atom stereocenters. The van der Waals surface area contributed by atoms with E-state index < -0.39 is 10.0 Å². The third kappa shape index (κ3) is 6.52. The van der Waals surface area contributed by atoms with Gasteiger partial charge in [0.15, 0.2) is 0 Å². The van der Waals surface area contributed by atoms with Crippen LogP contribution in [-0.4, -0.2) is 57.2 Å². The van der Waals surface area contributed by atoms with Gasteiger partial charge in [0, 0.05) is 25.2 Å². The minimum absolute atomic E-state index is 0.0117. The maximum Gasteiger partial charge on any atom is 0.251 e. The van der Waals surface area contributed by atoms with Crippen molar-refractivity contribution >= 4 is 15.9 Å². The molecule has 1 amide bonds. The number of hydrogen-bond acceptors (Lipinski definition) is 4. The van der Waals surface area contributed by atoms with Gasteiger partial charge >= 0.3 is 0 Å². The minimum Gasteiger partial charge on any atom is -0.352 e. The molecule has 1 heterocycles. The van der Waals surface area contributed by atoms with E-state index in [1.54, 1.807) is 0 Å². The van der Waals surface area contributed by atoms with Gasteiger partial charge in [-0.2, -0.15) is 0 Å². The summed E-state index contributed by atoms with van der Waals surface area (Å²) in [6.07, 6.45) is 3.65. The Morgan fingerprint density at radius 2 is 1.69 bits per heavy atom. The van der Waals surface area contributed by atoms with Crippen LogP contribution in [0.25, 0.3) is 0 Å². The summed E-state index contributed by atoms with van der Waals surface area (Å²) in [4.78, 5) is 14.7. The molecule has 0 bridgehead atoms. The van der Waals surface area contributed by atoms with E-state index in [0.29, 0.717) is 24.6 Å². The molecule has 0 aromatic heterocycles. The normalized spacial score (nSPS) is 19.3. The van der Waals surface area contributed by atoms with Crippen LogP contribution in [0.15, 0.2) is 24.3 Å². The lowest BCUT2D eigenvalue weighted by molar-refractivity contribution is 0.0936. The molecule has 7 heteroatoms. The van der Waals surface area contributed by atoms with Crippen molar-refractivity contribution in [2.45, 2.75) is 57.1 Å². The second-order valence-corrected chi connectivity index (χ2v) is 11.5. The number of hydrogen-bond donors (Lipinski definition) is 2. The molecule has 1 aliphatic carbocycles. The first-order valence-corrected chi connectivity index (χ1v) is 12.3. The Balaban J connectivity index is 1.34. The van der Waals surface area contributed by atoms with E-state index in [2.05, 4.69) is 35.7 Å². The number of carbonyl (C=O) groups is 1. The molecule has 162 valence electrons. The summed E-state index contributed by atoms with van der Waals surface area (Å²) < 4.78 is 26.4. The Morgan fingerprint density at radius 3 is 2.24 bits per heavy atom. The summed E-state index contributed by atoms with van der Waals surface area (Å²) in [6, 6.07) is 7.87. The van der Waals surface area contributed by atoms with Gasteiger partial charge in [-0.15, -0.1) is 0 Å². The second kappa shape index (κ2) is 9.14. The van der Waals surface area contributed by atoms with Gasteiger partial charge in [-0.3, -0.25) is 4.79 Å². The molecule has 6 nitrogen and oxygen atoms in total. The van der Waals surface area contributed by atoms with E-state index in [1.807, 2.05) is 24.3 Å². The van der Waals surface area contributed by atoms with Crippen molar-refractivity contribution in [2.24, 2.45) is 5.92 Å². The Kier molecular flexibility index (Phi) is 7.02. The highest BCUT2D eigenvalue weighted by Crippen LogP contribution is 2.27. The van der Waals surface area contributed by atoms with Crippen LogP contribution in [0.3, 0.4) is 0 Å². The van der Waals surface area contributed by atoms with Crippen LogP contribution >= 0.6 is 0 Å². The SMILES string of the molecule is CC(C)(C)c1ccc(C(=O)NCC2CCN(CCNS(=O)(=O)C3CC3)CC2)cc1. The summed E-state index contributed by atoms with van der Waals surface area (Å²) in [5, 5.41) is 2.92. The Bertz CT molecular complexity index is 788. The molecule has 0 radical (unpaired) electrons. The first-order valence-electron chi connectivity index (χ1n) is 10.7. The molecular formula is C22H35N3O3S. The number of nitrogens with one attached hydrogen (secondary N) is 2. The topological polar surface area (TPSA) is 78.5 Å². The summed E-state index contributed by atoms with van der Waals surface area (Å²) in [5.41, 5.74) is 2.01. The highest BCUT2D eigenvalue weighted by atomic mass is 32.2. The third-order valence-corrected chi connectivity index (χ3v) is 7.92. The fraction of sp³-hybridized carbons (Fsp3) is 0.682. The molecule has 1 saturated heterocycles. The molecule has 2 aliphatic rings. The van der Waals surface area contributed by atoms with Crippen molar-refractivity contribution < 1.29 is 13.2 Å². The first kappa shape index (κ1) is 22.2. The van der Waals surface area contributed by atoms with E-state index >= 15 is 0 Å². The van der Waals surface area contributed by atoms with E-state index in [0.717, 1.165) is 45.3 Å². The minimum atomic E-state index is -3.08. The lowest BCUT2D eigenvalue weighted by Gasteiger charge is -2.32. The molecule has 1 aromatic rings. The number of nitrogens with zero attached hydrogens (tertiary/aromatic N) is 1.